The number of nitrogens with one attached hydrogen (secondary N) is 2. The molecule has 0 spiro atoms. The van der Waals surface area contributed by atoms with Crippen molar-refractivity contribution in [1.29, 1.82) is 0 Å². The van der Waals surface area contributed by atoms with Crippen LogP contribution in [0.25, 0.3) is 11.4 Å². The van der Waals surface area contributed by atoms with Gasteiger partial charge >= 0.3 is 6.03 Å². The summed E-state index contributed by atoms with van der Waals surface area (Å²) in [6.45, 7) is 2.44. The molecule has 27 heavy (non-hydrogen) atoms. The van der Waals surface area contributed by atoms with E-state index in [1.807, 2.05) is 47.9 Å². The number of nitrogens with zero attached hydrogens (tertiary/aromatic N) is 3. The lowest BCUT2D eigenvalue weighted by molar-refractivity contribution is -0.117. The Balaban J connectivity index is 1.85. The lowest BCUT2D eigenvalue weighted by atomic mass is 10.1. The molecular weight excluding hydrogens is 366 g/mol. The number of amides is 3. The lowest BCUT2D eigenvalue weighted by Gasteiger charge is -2.09. The summed E-state index contributed by atoms with van der Waals surface area (Å²) in [7, 11) is 1.45. The van der Waals surface area contributed by atoms with Gasteiger partial charge in [0.05, 0.1) is 18.6 Å². The molecule has 140 valence electrons. The highest BCUT2D eigenvalue weighted by atomic mass is 32.2. The maximum absolute atomic E-state index is 11.9. The SMILES string of the molecule is CNC(=O)NC(=O)CSc1nnc(-c2cccc(C)c2)n1Cc1ccco1. The van der Waals surface area contributed by atoms with E-state index in [1.54, 1.807) is 6.26 Å². The molecule has 3 rings (SSSR count). The van der Waals surface area contributed by atoms with Gasteiger partial charge < -0.3 is 9.73 Å². The Morgan fingerprint density at radius 2 is 2.07 bits per heavy atom. The molecule has 2 heterocycles. The second-order valence-electron chi connectivity index (χ2n) is 5.76. The summed E-state index contributed by atoms with van der Waals surface area (Å²) >= 11 is 1.20. The van der Waals surface area contributed by atoms with Gasteiger partial charge in [0.15, 0.2) is 11.0 Å². The fourth-order valence-corrected chi connectivity index (χ4v) is 3.19. The number of carbonyl (C=O) groups excluding carboxylic acids is 2. The summed E-state index contributed by atoms with van der Waals surface area (Å²) in [6, 6.07) is 11.1. The third-order valence-electron chi connectivity index (χ3n) is 3.70. The highest BCUT2D eigenvalue weighted by molar-refractivity contribution is 7.99. The zero-order chi connectivity index (χ0) is 19.2. The van der Waals surface area contributed by atoms with Gasteiger partial charge in [0.25, 0.3) is 0 Å². The Morgan fingerprint density at radius 1 is 1.22 bits per heavy atom. The molecule has 0 aliphatic rings. The molecule has 0 aliphatic carbocycles. The summed E-state index contributed by atoms with van der Waals surface area (Å²) in [6.07, 6.45) is 1.61. The number of hydrogen-bond acceptors (Lipinski definition) is 6. The van der Waals surface area contributed by atoms with E-state index < -0.39 is 11.9 Å². The number of imide groups is 1. The van der Waals surface area contributed by atoms with E-state index in [1.165, 1.54) is 18.8 Å². The van der Waals surface area contributed by atoms with Gasteiger partial charge in [-0.25, -0.2) is 4.79 Å². The zero-order valence-corrected chi connectivity index (χ0v) is 15.7. The molecule has 0 saturated heterocycles. The van der Waals surface area contributed by atoms with Crippen molar-refractivity contribution < 1.29 is 14.0 Å². The second kappa shape index (κ2) is 8.54. The molecule has 2 aromatic heterocycles. The quantitative estimate of drug-likeness (QED) is 0.632. The third-order valence-corrected chi connectivity index (χ3v) is 4.67. The standard InChI is InChI=1S/C18H19N5O3S/c1-12-5-3-6-13(9-12)16-21-22-18(23(16)10-14-7-4-8-26-14)27-11-15(24)20-17(25)19-2/h3-9H,10-11H2,1-2H3,(H2,19,20,24,25). The molecule has 3 amide bonds. The molecule has 0 saturated carbocycles. The van der Waals surface area contributed by atoms with Crippen LogP contribution < -0.4 is 10.6 Å². The number of rotatable bonds is 6. The summed E-state index contributed by atoms with van der Waals surface area (Å²) in [5.41, 5.74) is 2.04. The minimum atomic E-state index is -0.543. The molecular formula is C18H19N5O3S. The number of hydrogen-bond donors (Lipinski definition) is 2. The number of furan rings is 1. The van der Waals surface area contributed by atoms with Crippen molar-refractivity contribution in [3.8, 4) is 11.4 Å². The molecule has 8 nitrogen and oxygen atoms in total. The van der Waals surface area contributed by atoms with Crippen molar-refractivity contribution in [1.82, 2.24) is 25.4 Å². The smallest absolute Gasteiger partial charge is 0.321 e. The van der Waals surface area contributed by atoms with E-state index in [0.717, 1.165) is 16.9 Å². The van der Waals surface area contributed by atoms with Crippen molar-refractivity contribution >= 4 is 23.7 Å². The number of carbonyl (C=O) groups is 2. The normalized spacial score (nSPS) is 10.6. The Labute approximate surface area is 160 Å². The first-order valence-electron chi connectivity index (χ1n) is 8.24. The van der Waals surface area contributed by atoms with E-state index in [9.17, 15) is 9.59 Å². The Kier molecular flexibility index (Phi) is 5.92. The van der Waals surface area contributed by atoms with Gasteiger partial charge in [-0.1, -0.05) is 35.5 Å². The van der Waals surface area contributed by atoms with Gasteiger partial charge in [-0.3, -0.25) is 14.7 Å². The summed E-state index contributed by atoms with van der Waals surface area (Å²) in [5, 5.41) is 13.7. The Morgan fingerprint density at radius 3 is 2.78 bits per heavy atom. The molecule has 2 N–H and O–H groups in total. The molecule has 0 fully saturated rings. The van der Waals surface area contributed by atoms with Crippen LogP contribution in [-0.2, 0) is 11.3 Å². The van der Waals surface area contributed by atoms with Crippen molar-refractivity contribution in [2.45, 2.75) is 18.6 Å². The van der Waals surface area contributed by atoms with E-state index in [4.69, 9.17) is 4.42 Å². The number of thioether (sulfide) groups is 1. The summed E-state index contributed by atoms with van der Waals surface area (Å²) < 4.78 is 7.35. The zero-order valence-electron chi connectivity index (χ0n) is 14.9. The number of benzene rings is 1. The van der Waals surface area contributed by atoms with Crippen LogP contribution in [0.1, 0.15) is 11.3 Å². The van der Waals surface area contributed by atoms with Gasteiger partial charge in [-0.2, -0.15) is 0 Å². The van der Waals surface area contributed by atoms with Gasteiger partial charge in [-0.05, 0) is 25.1 Å². The van der Waals surface area contributed by atoms with Crippen LogP contribution in [0.15, 0.2) is 52.2 Å². The van der Waals surface area contributed by atoms with E-state index in [0.29, 0.717) is 17.5 Å². The van der Waals surface area contributed by atoms with Crippen LogP contribution >= 0.6 is 11.8 Å². The largest absolute Gasteiger partial charge is 0.467 e. The molecule has 0 radical (unpaired) electrons. The van der Waals surface area contributed by atoms with Crippen molar-refractivity contribution in [3.63, 3.8) is 0 Å². The molecule has 0 atom stereocenters. The van der Waals surface area contributed by atoms with Gasteiger partial charge in [0, 0.05) is 12.6 Å². The maximum Gasteiger partial charge on any atom is 0.321 e. The number of urea groups is 1. The van der Waals surface area contributed by atoms with Gasteiger partial charge in [0.2, 0.25) is 5.91 Å². The molecule has 0 bridgehead atoms. The summed E-state index contributed by atoms with van der Waals surface area (Å²) in [5.74, 6) is 1.06. The second-order valence-corrected chi connectivity index (χ2v) is 6.70. The van der Waals surface area contributed by atoms with Gasteiger partial charge in [0.1, 0.15) is 5.76 Å². The minimum absolute atomic E-state index is 0.0392. The van der Waals surface area contributed by atoms with Crippen LogP contribution in [0.3, 0.4) is 0 Å². The van der Waals surface area contributed by atoms with E-state index >= 15 is 0 Å². The predicted octanol–water partition coefficient (Wildman–Crippen LogP) is 2.44. The van der Waals surface area contributed by atoms with Crippen molar-refractivity contribution in [2.24, 2.45) is 0 Å². The number of aromatic nitrogens is 3. The monoisotopic (exact) mass is 385 g/mol. The first-order valence-corrected chi connectivity index (χ1v) is 9.22. The first-order chi connectivity index (χ1) is 13.1. The maximum atomic E-state index is 11.9. The van der Waals surface area contributed by atoms with E-state index in [-0.39, 0.29) is 5.75 Å². The van der Waals surface area contributed by atoms with Crippen molar-refractivity contribution in [3.05, 3.63) is 54.0 Å². The molecule has 0 aliphatic heterocycles. The lowest BCUT2D eigenvalue weighted by Crippen LogP contribution is -2.38. The summed E-state index contributed by atoms with van der Waals surface area (Å²) in [4.78, 5) is 23.1. The van der Waals surface area contributed by atoms with E-state index in [2.05, 4.69) is 20.8 Å². The Hall–Kier alpha value is -3.07. The van der Waals surface area contributed by atoms with Crippen LogP contribution in [0.2, 0.25) is 0 Å². The van der Waals surface area contributed by atoms with Gasteiger partial charge in [-0.15, -0.1) is 10.2 Å². The predicted molar refractivity (Wildman–Crippen MR) is 101 cm³/mol. The minimum Gasteiger partial charge on any atom is -0.467 e. The molecule has 9 heteroatoms. The highest BCUT2D eigenvalue weighted by Gasteiger charge is 2.17. The molecule has 3 aromatic rings. The van der Waals surface area contributed by atoms with Crippen LogP contribution in [-0.4, -0.2) is 39.5 Å². The first kappa shape index (κ1) is 18.7. The van der Waals surface area contributed by atoms with Crippen LogP contribution in [0, 0.1) is 6.92 Å². The average molecular weight is 385 g/mol. The fraction of sp³-hybridized carbons (Fsp3) is 0.222. The third kappa shape index (κ3) is 4.76. The fourth-order valence-electron chi connectivity index (χ4n) is 2.45. The van der Waals surface area contributed by atoms with Crippen LogP contribution in [0.5, 0.6) is 0 Å². The van der Waals surface area contributed by atoms with Crippen LogP contribution in [0.4, 0.5) is 4.79 Å². The average Bonchev–Trinajstić information content (AvgIpc) is 3.30. The highest BCUT2D eigenvalue weighted by Crippen LogP contribution is 2.25. The van der Waals surface area contributed by atoms with Crippen molar-refractivity contribution in [2.75, 3.05) is 12.8 Å². The number of aryl methyl sites for hydroxylation is 1. The Bertz CT molecular complexity index is 936. The molecule has 1 aromatic carbocycles. The molecule has 0 unspecified atom stereocenters. The topological polar surface area (TPSA) is 102 Å².